The van der Waals surface area contributed by atoms with Crippen molar-refractivity contribution >= 4 is 44.8 Å². The summed E-state index contributed by atoms with van der Waals surface area (Å²) in [7, 11) is -4.04. The van der Waals surface area contributed by atoms with Gasteiger partial charge in [0.05, 0.1) is 26.6 Å². The Hall–Kier alpha value is -1.78. The monoisotopic (exact) mass is 478 g/mol. The number of anilines is 1. The van der Waals surface area contributed by atoms with Crippen LogP contribution in [0.1, 0.15) is 36.0 Å². The van der Waals surface area contributed by atoms with E-state index >= 15 is 0 Å². The van der Waals surface area contributed by atoms with Crippen molar-refractivity contribution in [2.45, 2.75) is 42.7 Å². The van der Waals surface area contributed by atoms with Crippen molar-refractivity contribution in [2.24, 2.45) is 0 Å². The number of benzene rings is 2. The SMILES string of the molecule is O=C(Nc1cc(F)c(F)c(Cl)c1)c1cc(S(=O)(=O)NC2CCCCC2O)ccc1Cl. The van der Waals surface area contributed by atoms with Crippen LogP contribution in [0.3, 0.4) is 0 Å². The number of rotatable bonds is 5. The molecule has 30 heavy (non-hydrogen) atoms. The van der Waals surface area contributed by atoms with E-state index < -0.39 is 44.7 Å². The molecule has 1 saturated carbocycles. The zero-order valence-electron chi connectivity index (χ0n) is 15.5. The van der Waals surface area contributed by atoms with Crippen molar-refractivity contribution in [1.82, 2.24) is 4.72 Å². The van der Waals surface area contributed by atoms with E-state index in [1.54, 1.807) is 0 Å². The molecule has 2 aromatic rings. The van der Waals surface area contributed by atoms with Crippen molar-refractivity contribution in [3.63, 3.8) is 0 Å². The first-order chi connectivity index (χ1) is 14.1. The number of sulfonamides is 1. The van der Waals surface area contributed by atoms with E-state index in [1.165, 1.54) is 12.1 Å². The summed E-state index contributed by atoms with van der Waals surface area (Å²) in [6.07, 6.45) is 1.81. The molecule has 1 aliphatic carbocycles. The largest absolute Gasteiger partial charge is 0.391 e. The van der Waals surface area contributed by atoms with Gasteiger partial charge >= 0.3 is 0 Å². The molecule has 1 amide bonds. The third kappa shape index (κ3) is 5.09. The lowest BCUT2D eigenvalue weighted by atomic mass is 9.93. The molecule has 3 N–H and O–H groups in total. The van der Waals surface area contributed by atoms with Gasteiger partial charge in [0.15, 0.2) is 11.6 Å². The quantitative estimate of drug-likeness (QED) is 0.563. The molecular formula is C19H18Cl2F2N2O4S. The number of carbonyl (C=O) groups is 1. The molecule has 0 spiro atoms. The second-order valence-electron chi connectivity index (χ2n) is 6.93. The second-order valence-corrected chi connectivity index (χ2v) is 9.46. The van der Waals surface area contributed by atoms with E-state index in [0.717, 1.165) is 31.0 Å². The number of hydrogen-bond donors (Lipinski definition) is 3. The maximum atomic E-state index is 13.5. The van der Waals surface area contributed by atoms with E-state index in [2.05, 4.69) is 10.0 Å². The molecule has 162 valence electrons. The van der Waals surface area contributed by atoms with Crippen LogP contribution in [0.25, 0.3) is 0 Å². The molecule has 3 rings (SSSR count). The minimum Gasteiger partial charge on any atom is -0.391 e. The Morgan fingerprint density at radius 2 is 1.77 bits per heavy atom. The predicted molar refractivity (Wildman–Crippen MR) is 109 cm³/mol. The number of halogens is 4. The summed E-state index contributed by atoms with van der Waals surface area (Å²) < 4.78 is 54.7. The fraction of sp³-hybridized carbons (Fsp3) is 0.316. The van der Waals surface area contributed by atoms with Gasteiger partial charge in [-0.15, -0.1) is 0 Å². The molecule has 11 heteroatoms. The van der Waals surface area contributed by atoms with Crippen LogP contribution < -0.4 is 10.0 Å². The van der Waals surface area contributed by atoms with Crippen LogP contribution in [-0.4, -0.2) is 31.6 Å². The van der Waals surface area contributed by atoms with Gasteiger partial charge in [0.2, 0.25) is 10.0 Å². The Morgan fingerprint density at radius 1 is 1.07 bits per heavy atom. The van der Waals surface area contributed by atoms with Gasteiger partial charge in [0, 0.05) is 17.8 Å². The fourth-order valence-corrected chi connectivity index (χ4v) is 4.93. The highest BCUT2D eigenvalue weighted by Gasteiger charge is 2.29. The lowest BCUT2D eigenvalue weighted by Gasteiger charge is -2.28. The zero-order valence-corrected chi connectivity index (χ0v) is 17.8. The number of aliphatic hydroxyl groups is 1. The Balaban J connectivity index is 1.84. The highest BCUT2D eigenvalue weighted by atomic mass is 35.5. The molecule has 0 heterocycles. The van der Waals surface area contributed by atoms with Gasteiger partial charge in [-0.25, -0.2) is 21.9 Å². The number of amides is 1. The van der Waals surface area contributed by atoms with E-state index in [4.69, 9.17) is 23.2 Å². The van der Waals surface area contributed by atoms with Crippen LogP contribution >= 0.6 is 23.2 Å². The fourth-order valence-electron chi connectivity index (χ4n) is 3.19. The summed E-state index contributed by atoms with van der Waals surface area (Å²) in [6, 6.07) is 4.65. The molecule has 0 aliphatic heterocycles. The summed E-state index contributed by atoms with van der Waals surface area (Å²) in [6.45, 7) is 0. The van der Waals surface area contributed by atoms with Crippen LogP contribution in [0.4, 0.5) is 14.5 Å². The summed E-state index contributed by atoms with van der Waals surface area (Å²) in [5.74, 6) is -3.34. The average Bonchev–Trinajstić information content (AvgIpc) is 2.67. The minimum atomic E-state index is -4.04. The normalized spacial score (nSPS) is 19.5. The Labute approximate surface area is 182 Å². The summed E-state index contributed by atoms with van der Waals surface area (Å²) >= 11 is 11.6. The van der Waals surface area contributed by atoms with Gasteiger partial charge in [0.25, 0.3) is 5.91 Å². The summed E-state index contributed by atoms with van der Waals surface area (Å²) in [5, 5.41) is 11.8. The molecular weight excluding hydrogens is 461 g/mol. The van der Waals surface area contributed by atoms with E-state index in [9.17, 15) is 27.1 Å². The Morgan fingerprint density at radius 3 is 2.43 bits per heavy atom. The van der Waals surface area contributed by atoms with Crippen LogP contribution in [0.2, 0.25) is 10.0 Å². The molecule has 0 radical (unpaired) electrons. The maximum absolute atomic E-state index is 13.5. The van der Waals surface area contributed by atoms with Gasteiger partial charge in [0.1, 0.15) is 0 Å². The van der Waals surface area contributed by atoms with Gasteiger partial charge in [-0.2, -0.15) is 0 Å². The molecule has 2 aromatic carbocycles. The first-order valence-corrected chi connectivity index (χ1v) is 11.3. The van der Waals surface area contributed by atoms with Crippen LogP contribution in [-0.2, 0) is 10.0 Å². The first kappa shape index (κ1) is 22.9. The molecule has 6 nitrogen and oxygen atoms in total. The Kier molecular flexibility index (Phi) is 6.98. The predicted octanol–water partition coefficient (Wildman–Crippen LogP) is 4.11. The number of aliphatic hydroxyl groups excluding tert-OH is 1. The maximum Gasteiger partial charge on any atom is 0.257 e. The molecule has 2 atom stereocenters. The molecule has 1 aliphatic rings. The van der Waals surface area contributed by atoms with Crippen LogP contribution in [0.5, 0.6) is 0 Å². The van der Waals surface area contributed by atoms with E-state index in [1.807, 2.05) is 0 Å². The lowest BCUT2D eigenvalue weighted by molar-refractivity contribution is 0.101. The average molecular weight is 479 g/mol. The van der Waals surface area contributed by atoms with E-state index in [-0.39, 0.29) is 21.2 Å². The van der Waals surface area contributed by atoms with E-state index in [0.29, 0.717) is 12.8 Å². The third-order valence-corrected chi connectivity index (χ3v) is 6.86. The molecule has 1 fully saturated rings. The zero-order chi connectivity index (χ0) is 22.1. The van der Waals surface area contributed by atoms with Gasteiger partial charge in [-0.3, -0.25) is 4.79 Å². The summed E-state index contributed by atoms with van der Waals surface area (Å²) in [5.41, 5.74) is -0.318. The Bertz CT molecular complexity index is 1060. The van der Waals surface area contributed by atoms with Crippen LogP contribution in [0.15, 0.2) is 35.2 Å². The highest BCUT2D eigenvalue weighted by Crippen LogP contribution is 2.26. The lowest BCUT2D eigenvalue weighted by Crippen LogP contribution is -2.44. The number of hydrogen-bond acceptors (Lipinski definition) is 4. The molecule has 0 aromatic heterocycles. The van der Waals surface area contributed by atoms with Crippen molar-refractivity contribution in [1.29, 1.82) is 0 Å². The second kappa shape index (κ2) is 9.15. The highest BCUT2D eigenvalue weighted by molar-refractivity contribution is 7.89. The van der Waals surface area contributed by atoms with Crippen molar-refractivity contribution in [3.05, 3.63) is 57.6 Å². The van der Waals surface area contributed by atoms with Crippen LogP contribution in [0, 0.1) is 11.6 Å². The number of nitrogens with one attached hydrogen (secondary N) is 2. The third-order valence-electron chi connectivity index (χ3n) is 4.77. The molecule has 0 bridgehead atoms. The van der Waals surface area contributed by atoms with Gasteiger partial charge in [-0.1, -0.05) is 36.0 Å². The van der Waals surface area contributed by atoms with Crippen molar-refractivity contribution in [2.75, 3.05) is 5.32 Å². The minimum absolute atomic E-state index is 0.0437. The molecule has 0 saturated heterocycles. The van der Waals surface area contributed by atoms with Crippen molar-refractivity contribution < 1.29 is 27.1 Å². The van der Waals surface area contributed by atoms with Gasteiger partial charge < -0.3 is 10.4 Å². The topological polar surface area (TPSA) is 95.5 Å². The number of carbonyl (C=O) groups excluding carboxylic acids is 1. The first-order valence-electron chi connectivity index (χ1n) is 9.04. The summed E-state index contributed by atoms with van der Waals surface area (Å²) in [4.78, 5) is 12.3. The standard InChI is InChI=1S/C19H18Cl2F2N2O4S/c20-13-6-5-11(30(28,29)25-16-3-1-2-4-17(16)26)9-12(13)19(27)24-10-7-14(21)18(23)15(22)8-10/h5-9,16-17,25-26H,1-4H2,(H,24,27). The van der Waals surface area contributed by atoms with Crippen molar-refractivity contribution in [3.8, 4) is 0 Å². The van der Waals surface area contributed by atoms with Gasteiger partial charge in [-0.05, 0) is 37.1 Å². The molecule has 2 unspecified atom stereocenters. The smallest absolute Gasteiger partial charge is 0.257 e.